The van der Waals surface area contributed by atoms with Crippen LogP contribution >= 0.6 is 23.2 Å². The zero-order valence-electron chi connectivity index (χ0n) is 5.42. The van der Waals surface area contributed by atoms with Crippen LogP contribution < -0.4 is 0 Å². The summed E-state index contributed by atoms with van der Waals surface area (Å²) >= 11 is 11.1. The van der Waals surface area contributed by atoms with E-state index in [1.807, 2.05) is 6.07 Å². The van der Waals surface area contributed by atoms with E-state index < -0.39 is 0 Å². The maximum Gasteiger partial charge on any atom is 0.0420 e. The Morgan fingerprint density at radius 1 is 1.27 bits per heavy atom. The third-order valence-corrected chi connectivity index (χ3v) is 1.26. The maximum atomic E-state index is 8.24. The van der Waals surface area contributed by atoms with E-state index in [4.69, 9.17) is 33.4 Å². The van der Waals surface area contributed by atoms with E-state index in [1.54, 1.807) is 18.2 Å². The molecule has 0 unspecified atom stereocenters. The first-order valence-corrected chi connectivity index (χ1v) is 3.38. The Hall–Kier alpha value is -0.820. The minimum Gasteiger partial charge on any atom is -0.724 e. The van der Waals surface area contributed by atoms with Gasteiger partial charge in [-0.3, -0.25) is 4.79 Å². The fraction of sp³-hybridized carbons (Fsp3) is 0. The molecule has 0 N–H and O–H groups in total. The molecule has 0 saturated heterocycles. The van der Waals surface area contributed by atoms with Crippen molar-refractivity contribution in [3.8, 4) is 0 Å². The molecule has 0 aliphatic rings. The van der Waals surface area contributed by atoms with Crippen LogP contribution in [0, 0.1) is 0 Å². The number of hydrogen-bond acceptors (Lipinski definition) is 1. The van der Waals surface area contributed by atoms with Gasteiger partial charge in [-0.2, -0.15) is 0 Å². The summed E-state index contributed by atoms with van der Waals surface area (Å²) in [6, 6.07) is 7.08. The van der Waals surface area contributed by atoms with Crippen LogP contribution in [0.3, 0.4) is 0 Å². The van der Waals surface area contributed by atoms with Crippen molar-refractivity contribution in [2.75, 3.05) is 0 Å². The molecule has 0 aliphatic heterocycles. The van der Waals surface area contributed by atoms with E-state index in [2.05, 4.69) is 0 Å². The number of hydrogen-bond donors (Lipinski definition) is 0. The summed E-state index contributed by atoms with van der Waals surface area (Å²) in [6.07, 6.45) is 0.500. The van der Waals surface area contributed by atoms with Crippen molar-refractivity contribution in [3.63, 3.8) is 0 Å². The highest BCUT2D eigenvalue weighted by atomic mass is 35.5. The largest absolute Gasteiger partial charge is 0.724 e. The molecule has 0 fully saturated rings. The van der Waals surface area contributed by atoms with Crippen molar-refractivity contribution in [1.29, 1.82) is 0 Å². The Labute approximate surface area is 74.3 Å². The Balaban J connectivity index is 0.000000292. The first kappa shape index (κ1) is 10.2. The Morgan fingerprint density at radius 3 is 1.82 bits per heavy atom. The lowest BCUT2D eigenvalue weighted by molar-refractivity contribution is 0.569. The van der Waals surface area contributed by atoms with E-state index in [-0.39, 0.29) is 0 Å². The zero-order valence-corrected chi connectivity index (χ0v) is 6.93. The number of rotatable bonds is 0. The highest BCUT2D eigenvalue weighted by Gasteiger charge is 1.84. The van der Waals surface area contributed by atoms with Gasteiger partial charge < -0.3 is 5.41 Å². The summed E-state index contributed by atoms with van der Waals surface area (Å²) in [5.41, 5.74) is 0. The van der Waals surface area contributed by atoms with E-state index in [0.29, 0.717) is 16.1 Å². The minimum atomic E-state index is 0.500. The Kier molecular flexibility index (Phi) is 5.49. The second kappa shape index (κ2) is 5.93. The van der Waals surface area contributed by atoms with Gasteiger partial charge in [-0.1, -0.05) is 29.3 Å². The summed E-state index contributed by atoms with van der Waals surface area (Å²) in [6.45, 7) is 0. The van der Waals surface area contributed by atoms with Crippen molar-refractivity contribution in [2.45, 2.75) is 0 Å². The normalized spacial score (nSPS) is 7.45. The second-order valence-electron chi connectivity index (χ2n) is 1.53. The van der Waals surface area contributed by atoms with E-state index >= 15 is 0 Å². The lowest BCUT2D eigenvalue weighted by atomic mass is 10.4. The molecule has 0 aromatic heterocycles. The van der Waals surface area contributed by atoms with Gasteiger partial charge in [0.1, 0.15) is 0 Å². The lowest BCUT2D eigenvalue weighted by Gasteiger charge is -1.86. The number of carbonyl (C=O) groups excluding carboxylic acids is 1. The quantitative estimate of drug-likeness (QED) is 0.456. The van der Waals surface area contributed by atoms with Crippen LogP contribution in [-0.2, 0) is 4.79 Å². The molecule has 0 atom stereocenters. The molecule has 1 aromatic rings. The summed E-state index contributed by atoms with van der Waals surface area (Å²) in [7, 11) is 0. The molecule has 0 aliphatic carbocycles. The van der Waals surface area contributed by atoms with Gasteiger partial charge in [0, 0.05) is 10.0 Å². The fourth-order valence-corrected chi connectivity index (χ4v) is 0.896. The molecule has 0 saturated carbocycles. The van der Waals surface area contributed by atoms with Gasteiger partial charge in [-0.15, -0.1) is 0 Å². The van der Waals surface area contributed by atoms with Gasteiger partial charge in [0.15, 0.2) is 0 Å². The molecule has 0 amide bonds. The predicted octanol–water partition coefficient (Wildman–Crippen LogP) is 2.89. The van der Waals surface area contributed by atoms with Crippen molar-refractivity contribution in [2.24, 2.45) is 0 Å². The summed E-state index contributed by atoms with van der Waals surface area (Å²) in [4.78, 5) is 8.24. The molecule has 0 bridgehead atoms. The van der Waals surface area contributed by atoms with Crippen molar-refractivity contribution < 1.29 is 4.79 Å². The molecule has 2 nitrogen and oxygen atoms in total. The van der Waals surface area contributed by atoms with E-state index in [1.165, 1.54) is 0 Å². The average molecular weight is 189 g/mol. The number of halogens is 2. The lowest BCUT2D eigenvalue weighted by Crippen LogP contribution is -1.61. The van der Waals surface area contributed by atoms with E-state index in [9.17, 15) is 0 Å². The van der Waals surface area contributed by atoms with Crippen LogP contribution in [0.1, 0.15) is 0 Å². The molecule has 1 rings (SSSR count). The molecule has 4 heteroatoms. The monoisotopic (exact) mass is 188 g/mol. The molecule has 0 heterocycles. The molecule has 0 spiro atoms. The first-order chi connectivity index (χ1) is 5.20. The number of nitrogens with zero attached hydrogens (tertiary/aromatic N) is 1. The van der Waals surface area contributed by atoms with Crippen molar-refractivity contribution >= 4 is 29.3 Å². The van der Waals surface area contributed by atoms with Crippen molar-refractivity contribution in [1.82, 2.24) is 0 Å². The molecule has 58 valence electrons. The number of benzene rings is 1. The van der Waals surface area contributed by atoms with Gasteiger partial charge in [-0.05, 0) is 24.3 Å². The molecular formula is C7H4Cl2NO-. The van der Waals surface area contributed by atoms with Gasteiger partial charge >= 0.3 is 0 Å². The first-order valence-electron chi connectivity index (χ1n) is 2.63. The molecule has 11 heavy (non-hydrogen) atoms. The number of isocyanates is 1. The zero-order chi connectivity index (χ0) is 8.69. The van der Waals surface area contributed by atoms with Gasteiger partial charge in [-0.25, -0.2) is 0 Å². The smallest absolute Gasteiger partial charge is 0.0420 e. The van der Waals surface area contributed by atoms with Crippen LogP contribution in [0.15, 0.2) is 24.3 Å². The second-order valence-corrected chi connectivity index (χ2v) is 2.40. The highest BCUT2D eigenvalue weighted by Crippen LogP contribution is 2.13. The Bertz CT molecular complexity index is 239. The third kappa shape index (κ3) is 5.62. The van der Waals surface area contributed by atoms with Gasteiger partial charge in [0.2, 0.25) is 0 Å². The van der Waals surface area contributed by atoms with Crippen LogP contribution in [0.2, 0.25) is 10.0 Å². The topological polar surface area (TPSA) is 39.4 Å². The predicted molar refractivity (Wildman–Crippen MR) is 45.5 cm³/mol. The fourth-order valence-electron chi connectivity index (χ4n) is 0.460. The average Bonchev–Trinajstić information content (AvgIpc) is 1.88. The van der Waals surface area contributed by atoms with E-state index in [0.717, 1.165) is 0 Å². The summed E-state index contributed by atoms with van der Waals surface area (Å²) < 4.78 is 0. The minimum absolute atomic E-state index is 0.500. The third-order valence-electron chi connectivity index (χ3n) is 0.787. The SMILES string of the molecule is Clc1cccc(Cl)c1.[N-]=C=O. The highest BCUT2D eigenvalue weighted by molar-refractivity contribution is 6.34. The summed E-state index contributed by atoms with van der Waals surface area (Å²) in [5.74, 6) is 0. The van der Waals surface area contributed by atoms with Crippen LogP contribution in [0.25, 0.3) is 5.41 Å². The standard InChI is InChI=1S/C6H4Cl2.CNO/c7-5-2-1-3-6(8)4-5;2-1-3/h1-4H;/q;-1. The molecule has 0 radical (unpaired) electrons. The molecule has 1 aromatic carbocycles. The molecular weight excluding hydrogens is 185 g/mol. The van der Waals surface area contributed by atoms with Crippen LogP contribution in [0.4, 0.5) is 0 Å². The Morgan fingerprint density at radius 2 is 1.64 bits per heavy atom. The van der Waals surface area contributed by atoms with Crippen LogP contribution in [0.5, 0.6) is 0 Å². The van der Waals surface area contributed by atoms with Crippen molar-refractivity contribution in [3.05, 3.63) is 39.7 Å². The van der Waals surface area contributed by atoms with Gasteiger partial charge in [0.25, 0.3) is 0 Å². The van der Waals surface area contributed by atoms with Crippen LogP contribution in [-0.4, -0.2) is 6.08 Å². The maximum absolute atomic E-state index is 8.24. The summed E-state index contributed by atoms with van der Waals surface area (Å²) in [5, 5.41) is 8.12. The van der Waals surface area contributed by atoms with Gasteiger partial charge in [0.05, 0.1) is 0 Å².